The Kier molecular flexibility index (Phi) is 6.16. The molecule has 0 N–H and O–H groups in total. The predicted molar refractivity (Wildman–Crippen MR) is 167 cm³/mol. The summed E-state index contributed by atoms with van der Waals surface area (Å²) < 4.78 is 50.5. The number of aromatic nitrogens is 1. The minimum Gasteiger partial charge on any atom is -0.464 e. The Morgan fingerprint density at radius 3 is 1.93 bits per heavy atom. The molecule has 11 heteroatoms. The highest BCUT2D eigenvalue weighted by Gasteiger charge is 2.53. The number of thiophene rings is 1. The van der Waals surface area contributed by atoms with Gasteiger partial charge >= 0.3 is 14.2 Å². The van der Waals surface area contributed by atoms with Gasteiger partial charge < -0.3 is 23.4 Å². The first-order chi connectivity index (χ1) is 19.6. The first-order valence-corrected chi connectivity index (χ1v) is 15.4. The molecule has 0 saturated carbocycles. The SMILES string of the molecule is CC1(C)OB(c2cc(F)c3c(c2)OC(c2ccc(Cl)s2)n2c-3cc3cc(B4OC(C)(C)C(C)(C)O4)ccc32)OC1(C)C. The van der Waals surface area contributed by atoms with E-state index in [2.05, 4.69) is 6.07 Å². The Morgan fingerprint density at radius 1 is 0.762 bits per heavy atom. The molecular formula is C31H33B2ClFNO5S. The normalized spacial score (nSPS) is 23.2. The molecule has 2 saturated heterocycles. The van der Waals surface area contributed by atoms with Crippen LogP contribution in [0.3, 0.4) is 0 Å². The number of halogens is 2. The molecule has 2 aromatic carbocycles. The van der Waals surface area contributed by atoms with Crippen LogP contribution in [0.1, 0.15) is 66.5 Å². The lowest BCUT2D eigenvalue weighted by atomic mass is 9.78. The second-order valence-electron chi connectivity index (χ2n) is 13.4. The minimum atomic E-state index is -0.719. The molecule has 2 fully saturated rings. The van der Waals surface area contributed by atoms with E-state index in [1.165, 1.54) is 17.4 Å². The fraction of sp³-hybridized carbons (Fsp3) is 0.419. The molecule has 0 spiro atoms. The zero-order valence-corrected chi connectivity index (χ0v) is 26.6. The number of ether oxygens (including phenoxy) is 1. The number of hydrogen-bond donors (Lipinski definition) is 0. The molecule has 1 unspecified atom stereocenters. The molecule has 0 bridgehead atoms. The first kappa shape index (κ1) is 28.4. The Morgan fingerprint density at radius 2 is 1.36 bits per heavy atom. The number of fused-ring (bicyclic) bond motifs is 5. The summed E-state index contributed by atoms with van der Waals surface area (Å²) in [5, 5.41) is 0.927. The van der Waals surface area contributed by atoms with Crippen LogP contribution >= 0.6 is 22.9 Å². The summed E-state index contributed by atoms with van der Waals surface area (Å²) in [6, 6.07) is 15.2. The Balaban J connectivity index is 1.36. The van der Waals surface area contributed by atoms with Crippen molar-refractivity contribution in [3.8, 4) is 17.0 Å². The second-order valence-corrected chi connectivity index (χ2v) is 15.1. The van der Waals surface area contributed by atoms with Crippen molar-refractivity contribution in [3.63, 3.8) is 0 Å². The van der Waals surface area contributed by atoms with E-state index in [0.717, 1.165) is 21.2 Å². The van der Waals surface area contributed by atoms with Crippen LogP contribution in [-0.2, 0) is 18.6 Å². The predicted octanol–water partition coefficient (Wildman–Crippen LogP) is 6.70. The fourth-order valence-corrected chi connectivity index (χ4v) is 6.78. The summed E-state index contributed by atoms with van der Waals surface area (Å²) in [4.78, 5) is 0.904. The summed E-state index contributed by atoms with van der Waals surface area (Å²) in [5.41, 5.74) is 1.46. The molecule has 1 atom stereocenters. The molecule has 0 aliphatic carbocycles. The first-order valence-electron chi connectivity index (χ1n) is 14.2. The molecule has 6 nitrogen and oxygen atoms in total. The molecule has 42 heavy (non-hydrogen) atoms. The van der Waals surface area contributed by atoms with Crippen LogP contribution in [0, 0.1) is 5.82 Å². The Bertz CT molecular complexity index is 1720. The second kappa shape index (κ2) is 9.10. The summed E-state index contributed by atoms with van der Waals surface area (Å²) >= 11 is 7.80. The molecule has 2 aromatic heterocycles. The zero-order chi connectivity index (χ0) is 30.0. The van der Waals surface area contributed by atoms with E-state index < -0.39 is 48.7 Å². The van der Waals surface area contributed by atoms with E-state index in [1.54, 1.807) is 0 Å². The van der Waals surface area contributed by atoms with E-state index in [1.807, 2.05) is 96.4 Å². The van der Waals surface area contributed by atoms with Gasteiger partial charge in [-0.05, 0) is 103 Å². The number of hydrogen-bond acceptors (Lipinski definition) is 6. The zero-order valence-electron chi connectivity index (χ0n) is 25.0. The van der Waals surface area contributed by atoms with Gasteiger partial charge in [0, 0.05) is 5.39 Å². The molecule has 0 amide bonds. The van der Waals surface area contributed by atoms with Gasteiger partial charge in [0.05, 0.1) is 48.4 Å². The number of nitrogens with zero attached hydrogens (tertiary/aromatic N) is 1. The van der Waals surface area contributed by atoms with Crippen molar-refractivity contribution in [1.82, 2.24) is 4.57 Å². The average Bonchev–Trinajstić information content (AvgIpc) is 3.59. The summed E-state index contributed by atoms with van der Waals surface area (Å²) in [5.74, 6) is 0.0193. The highest BCUT2D eigenvalue weighted by atomic mass is 35.5. The lowest BCUT2D eigenvalue weighted by Gasteiger charge is -2.32. The summed E-state index contributed by atoms with van der Waals surface area (Å²) in [6.45, 7) is 16.1. The molecule has 3 aliphatic heterocycles. The maximum Gasteiger partial charge on any atom is 0.495 e. The number of rotatable bonds is 3. The van der Waals surface area contributed by atoms with Gasteiger partial charge in [0.15, 0.2) is 0 Å². The van der Waals surface area contributed by atoms with Gasteiger partial charge in [0.1, 0.15) is 11.6 Å². The third-order valence-electron chi connectivity index (χ3n) is 9.56. The van der Waals surface area contributed by atoms with E-state index in [4.69, 9.17) is 35.0 Å². The van der Waals surface area contributed by atoms with Crippen LogP contribution in [0.25, 0.3) is 22.2 Å². The quantitative estimate of drug-likeness (QED) is 0.243. The van der Waals surface area contributed by atoms with Gasteiger partial charge in [-0.15, -0.1) is 11.3 Å². The van der Waals surface area contributed by atoms with E-state index in [-0.39, 0.29) is 0 Å². The molecular weight excluding hydrogens is 574 g/mol. The van der Waals surface area contributed by atoms with Crippen molar-refractivity contribution in [3.05, 3.63) is 63.6 Å². The van der Waals surface area contributed by atoms with Crippen LogP contribution in [0.5, 0.6) is 5.75 Å². The van der Waals surface area contributed by atoms with Crippen molar-refractivity contribution >= 4 is 59.0 Å². The third-order valence-corrected chi connectivity index (χ3v) is 10.8. The van der Waals surface area contributed by atoms with Crippen molar-refractivity contribution in [2.75, 3.05) is 0 Å². The highest BCUT2D eigenvalue weighted by molar-refractivity contribution is 7.16. The van der Waals surface area contributed by atoms with Crippen LogP contribution in [0.15, 0.2) is 48.5 Å². The lowest BCUT2D eigenvalue weighted by Crippen LogP contribution is -2.41. The van der Waals surface area contributed by atoms with Gasteiger partial charge in [0.25, 0.3) is 0 Å². The van der Waals surface area contributed by atoms with Crippen LogP contribution in [0.4, 0.5) is 4.39 Å². The monoisotopic (exact) mass is 607 g/mol. The van der Waals surface area contributed by atoms with Gasteiger partial charge in [-0.1, -0.05) is 23.7 Å². The van der Waals surface area contributed by atoms with E-state index in [9.17, 15) is 0 Å². The molecule has 218 valence electrons. The lowest BCUT2D eigenvalue weighted by molar-refractivity contribution is 0.00578. The standard InChI is InChI=1S/C31H33B2ClFNO5S/c1-28(2)29(3,4)39-32(38-28)18-9-10-21-17(13-18)14-22-26-20(35)15-19(33-40-30(5,6)31(7,8)41-33)16-23(26)37-27(36(21)22)24-11-12-25(34)42-24/h9-16,27H,1-8H3. The van der Waals surface area contributed by atoms with Crippen LogP contribution in [-0.4, -0.2) is 41.2 Å². The van der Waals surface area contributed by atoms with Crippen molar-refractivity contribution < 1.29 is 27.7 Å². The van der Waals surface area contributed by atoms with Gasteiger partial charge in [0.2, 0.25) is 6.23 Å². The minimum absolute atomic E-state index is 0.391. The number of benzene rings is 2. The maximum absolute atomic E-state index is 16.1. The smallest absolute Gasteiger partial charge is 0.464 e. The Labute approximate surface area is 255 Å². The fourth-order valence-electron chi connectivity index (χ4n) is 5.70. The summed E-state index contributed by atoms with van der Waals surface area (Å²) in [6.07, 6.45) is -0.543. The topological polar surface area (TPSA) is 51.1 Å². The van der Waals surface area contributed by atoms with Crippen LogP contribution in [0.2, 0.25) is 4.34 Å². The molecule has 5 heterocycles. The summed E-state index contributed by atoms with van der Waals surface area (Å²) in [7, 11) is -1.23. The molecule has 3 aliphatic rings. The van der Waals surface area contributed by atoms with Gasteiger partial charge in [-0.25, -0.2) is 4.39 Å². The Hall–Kier alpha value is -2.33. The van der Waals surface area contributed by atoms with Crippen LogP contribution < -0.4 is 15.7 Å². The van der Waals surface area contributed by atoms with E-state index in [0.29, 0.717) is 26.8 Å². The molecule has 7 rings (SSSR count). The highest BCUT2D eigenvalue weighted by Crippen LogP contribution is 2.47. The molecule has 0 radical (unpaired) electrons. The van der Waals surface area contributed by atoms with Crippen molar-refractivity contribution in [2.45, 2.75) is 84.0 Å². The third kappa shape index (κ3) is 4.21. The van der Waals surface area contributed by atoms with E-state index >= 15 is 4.39 Å². The van der Waals surface area contributed by atoms with Crippen molar-refractivity contribution in [1.29, 1.82) is 0 Å². The van der Waals surface area contributed by atoms with Gasteiger partial charge in [-0.2, -0.15) is 0 Å². The largest absolute Gasteiger partial charge is 0.495 e. The van der Waals surface area contributed by atoms with Gasteiger partial charge in [-0.3, -0.25) is 4.57 Å². The molecule has 4 aromatic rings. The van der Waals surface area contributed by atoms with Crippen molar-refractivity contribution in [2.24, 2.45) is 0 Å². The maximum atomic E-state index is 16.1. The average molecular weight is 608 g/mol.